The van der Waals surface area contributed by atoms with E-state index < -0.39 is 52.2 Å². The zero-order valence-electron chi connectivity index (χ0n) is 36.6. The first-order chi connectivity index (χ1) is 29.4. The number of nitrogens with zero attached hydrogens (tertiary/aromatic N) is 1. The number of amides is 5. The van der Waals surface area contributed by atoms with Crippen molar-refractivity contribution in [3.8, 4) is 6.07 Å². The van der Waals surface area contributed by atoms with Gasteiger partial charge in [-0.25, -0.2) is 14.2 Å². The molecule has 0 bridgehead atoms. The zero-order valence-corrected chi connectivity index (χ0v) is 38.5. The number of methoxy groups -OCH3 is 1. The molecule has 18 heteroatoms. The number of urea groups is 1. The average molecular weight is 893 g/mol. The Morgan fingerprint density at radius 2 is 1.50 bits per heavy atom. The lowest BCUT2D eigenvalue weighted by atomic mass is 10.0. The summed E-state index contributed by atoms with van der Waals surface area (Å²) in [6, 6.07) is 26.2. The molecule has 16 nitrogen and oxygen atoms in total. The first-order valence-corrected chi connectivity index (χ1v) is 23.7. The van der Waals surface area contributed by atoms with Crippen LogP contribution in [0.4, 0.5) is 15.3 Å². The number of benzene rings is 3. The molecule has 0 aliphatic rings. The minimum absolute atomic E-state index is 0.0324. The zero-order chi connectivity index (χ0) is 45.8. The number of primary amides is 1. The molecule has 5 amide bonds. The number of hydrogen-bond acceptors (Lipinski definition) is 11. The second kappa shape index (κ2) is 24.9. The highest BCUT2D eigenvalue weighted by molar-refractivity contribution is 7.48. The number of rotatable bonds is 24. The van der Waals surface area contributed by atoms with Crippen LogP contribution in [0.2, 0.25) is 5.04 Å². The van der Waals surface area contributed by atoms with Crippen molar-refractivity contribution < 1.29 is 46.5 Å². The lowest BCUT2D eigenvalue weighted by molar-refractivity contribution is -0.128. The van der Waals surface area contributed by atoms with Crippen LogP contribution in [0.1, 0.15) is 66.4 Å². The van der Waals surface area contributed by atoms with Gasteiger partial charge >= 0.3 is 19.9 Å². The molecule has 0 radical (unpaired) electrons. The number of carbonyl (C=O) groups excluding carboxylic acids is 4. The third-order valence-electron chi connectivity index (χ3n) is 9.68. The Kier molecular flexibility index (Phi) is 20.5. The van der Waals surface area contributed by atoms with Gasteiger partial charge < -0.3 is 36.2 Å². The molecule has 0 aromatic heterocycles. The Bertz CT molecular complexity index is 1990. The van der Waals surface area contributed by atoms with Crippen molar-refractivity contribution in [2.45, 2.75) is 84.5 Å². The molecule has 3 aromatic carbocycles. The second-order valence-corrected chi connectivity index (χ2v) is 21.8. The van der Waals surface area contributed by atoms with Gasteiger partial charge in [-0.3, -0.25) is 23.2 Å². The van der Waals surface area contributed by atoms with Crippen LogP contribution in [0.25, 0.3) is 0 Å². The summed E-state index contributed by atoms with van der Waals surface area (Å²) in [7, 11) is -5.78. The van der Waals surface area contributed by atoms with E-state index in [0.29, 0.717) is 24.3 Å². The fourth-order valence-electron chi connectivity index (χ4n) is 6.46. The van der Waals surface area contributed by atoms with Crippen molar-refractivity contribution in [1.82, 2.24) is 16.0 Å². The van der Waals surface area contributed by atoms with Gasteiger partial charge in [-0.2, -0.15) is 5.26 Å². The van der Waals surface area contributed by atoms with E-state index in [9.17, 15) is 23.7 Å². The predicted molar refractivity (Wildman–Crippen MR) is 240 cm³/mol. The maximum atomic E-state index is 13.8. The van der Waals surface area contributed by atoms with Gasteiger partial charge in [0.1, 0.15) is 12.1 Å². The fraction of sp³-hybridized carbons (Fsp3) is 0.432. The van der Waals surface area contributed by atoms with E-state index in [1.165, 1.54) is 7.11 Å². The molecule has 3 rings (SSSR count). The summed E-state index contributed by atoms with van der Waals surface area (Å²) in [5.74, 6) is -1.48. The molecular weight excluding hydrogens is 832 g/mol. The summed E-state index contributed by atoms with van der Waals surface area (Å²) >= 11 is 0. The fourth-order valence-corrected chi connectivity index (χ4v) is 12.2. The van der Waals surface area contributed by atoms with Crippen molar-refractivity contribution in [3.63, 3.8) is 0 Å². The summed E-state index contributed by atoms with van der Waals surface area (Å²) in [6.07, 6.45) is 1.37. The third-order valence-corrected chi connectivity index (χ3v) is 16.1. The first-order valence-electron chi connectivity index (χ1n) is 20.3. The van der Waals surface area contributed by atoms with Gasteiger partial charge in [0.25, 0.3) is 8.32 Å². The Balaban J connectivity index is 1.69. The number of anilines is 1. The Labute approximate surface area is 366 Å². The van der Waals surface area contributed by atoms with Gasteiger partial charge in [0, 0.05) is 12.2 Å². The van der Waals surface area contributed by atoms with Crippen LogP contribution in [0.5, 0.6) is 0 Å². The first kappa shape index (κ1) is 51.0. The van der Waals surface area contributed by atoms with E-state index >= 15 is 0 Å². The van der Waals surface area contributed by atoms with Crippen molar-refractivity contribution in [3.05, 3.63) is 102 Å². The quantitative estimate of drug-likeness (QED) is 0.0302. The highest BCUT2D eigenvalue weighted by Gasteiger charge is 2.50. The number of alkyl carbamates (subject to hydrolysis) is 1. The molecule has 0 saturated carbocycles. The highest BCUT2D eigenvalue weighted by Crippen LogP contribution is 2.50. The summed E-state index contributed by atoms with van der Waals surface area (Å²) < 4.78 is 42.3. The molecule has 3 aromatic rings. The number of phosphoric ester groups is 1. The van der Waals surface area contributed by atoms with E-state index in [4.69, 9.17) is 29.0 Å². The van der Waals surface area contributed by atoms with E-state index in [1.807, 2.05) is 49.4 Å². The van der Waals surface area contributed by atoms with Crippen LogP contribution < -0.4 is 37.4 Å². The summed E-state index contributed by atoms with van der Waals surface area (Å²) in [6.45, 7) is 11.9. The van der Waals surface area contributed by atoms with Crippen molar-refractivity contribution >= 4 is 56.1 Å². The maximum Gasteiger partial charge on any atom is 0.475 e. The van der Waals surface area contributed by atoms with Crippen LogP contribution in [-0.2, 0) is 43.5 Å². The molecular formula is C44H61N6O10PSi. The topological polar surface area (TPSA) is 229 Å². The van der Waals surface area contributed by atoms with E-state index in [0.717, 1.165) is 15.9 Å². The largest absolute Gasteiger partial charge is 0.475 e. The van der Waals surface area contributed by atoms with Gasteiger partial charge in [0.05, 0.1) is 46.0 Å². The number of nitrogens with two attached hydrogens (primary N) is 1. The second-order valence-electron chi connectivity index (χ2n) is 15.8. The minimum Gasteiger partial charge on any atom is -0.453 e. The van der Waals surface area contributed by atoms with Gasteiger partial charge in [-0.15, -0.1) is 0 Å². The number of carbonyl (C=O) groups is 4. The van der Waals surface area contributed by atoms with E-state index in [1.54, 1.807) is 44.2 Å². The molecule has 62 heavy (non-hydrogen) atoms. The molecule has 1 unspecified atom stereocenters. The molecule has 0 aliphatic carbocycles. The normalized spacial score (nSPS) is 13.8. The van der Waals surface area contributed by atoms with Crippen LogP contribution in [0, 0.1) is 17.2 Å². The molecule has 3 atom stereocenters. The van der Waals surface area contributed by atoms with E-state index in [-0.39, 0.29) is 50.2 Å². The van der Waals surface area contributed by atoms with Crippen molar-refractivity contribution in [1.29, 1.82) is 5.26 Å². The standard InChI is InChI=1S/C44H61N6O10PSi/c1-32(2)39(50-43(54)56-7)41(52)49-38(20-14-27-47-42(46)53)40(51)48-35-23-21-34(22-24-35)31-59-61(55,57-28-15-26-45)58-29-25-33(3)30-60-62(44(4,5)6,36-16-10-8-11-17-36)37-18-12-9-13-19-37/h8-13,16-19,21-25,32,38-39H,14-15,20,27-31H2,1-7H3,(H,48,51)(H,49,52)(H,50,54)(H3,46,47,53)/b33-25+/t38-,39-,61?/m0/s1. The number of nitriles is 1. The lowest BCUT2D eigenvalue weighted by Gasteiger charge is -2.43. The van der Waals surface area contributed by atoms with Gasteiger partial charge in [-0.05, 0) is 58.8 Å². The Morgan fingerprint density at radius 1 is 0.887 bits per heavy atom. The SMILES string of the molecule is COC(=O)N[C@H](C(=O)N[C@@H](CCCNC(N)=O)C(=O)Nc1ccc(COP(=O)(OC/C=C(\C)CO[Si](c2ccccc2)(c2ccccc2)C(C)(C)C)OCCC#N)cc1)C(C)C. The van der Waals surface area contributed by atoms with E-state index in [2.05, 4.69) is 71.0 Å². The lowest BCUT2D eigenvalue weighted by Crippen LogP contribution is -2.66. The number of ether oxygens (including phenoxy) is 1. The Hall–Kier alpha value is -5.34. The molecule has 0 heterocycles. The molecule has 0 aliphatic heterocycles. The minimum atomic E-state index is -4.16. The van der Waals surface area contributed by atoms with Crippen molar-refractivity contribution in [2.24, 2.45) is 11.7 Å². The van der Waals surface area contributed by atoms with Gasteiger partial charge in [-0.1, -0.05) is 119 Å². The molecule has 0 spiro atoms. The molecule has 336 valence electrons. The van der Waals surface area contributed by atoms with Crippen LogP contribution in [0.15, 0.2) is 96.6 Å². The maximum absolute atomic E-state index is 13.8. The van der Waals surface area contributed by atoms with Gasteiger partial charge in [0.15, 0.2) is 0 Å². The number of phosphoric acid groups is 1. The Morgan fingerprint density at radius 3 is 2.03 bits per heavy atom. The average Bonchev–Trinajstić information content (AvgIpc) is 3.23. The number of nitrogens with one attached hydrogen (secondary N) is 4. The highest BCUT2D eigenvalue weighted by atomic mass is 31.2. The molecule has 0 saturated heterocycles. The smallest absolute Gasteiger partial charge is 0.453 e. The monoisotopic (exact) mass is 892 g/mol. The summed E-state index contributed by atoms with van der Waals surface area (Å²) in [5, 5.41) is 21.5. The molecule has 0 fully saturated rings. The van der Waals surface area contributed by atoms with Gasteiger partial charge in [0.2, 0.25) is 11.8 Å². The third kappa shape index (κ3) is 15.8. The number of hydrogen-bond donors (Lipinski definition) is 5. The predicted octanol–water partition coefficient (Wildman–Crippen LogP) is 6.03. The summed E-state index contributed by atoms with van der Waals surface area (Å²) in [5.41, 5.74) is 6.96. The molecule has 6 N–H and O–H groups in total. The summed E-state index contributed by atoms with van der Waals surface area (Å²) in [4.78, 5) is 49.7. The van der Waals surface area contributed by atoms with Crippen LogP contribution in [0.3, 0.4) is 0 Å². The van der Waals surface area contributed by atoms with Crippen LogP contribution >= 0.6 is 7.82 Å². The van der Waals surface area contributed by atoms with Crippen molar-refractivity contribution in [2.75, 3.05) is 38.8 Å². The van der Waals surface area contributed by atoms with Crippen LogP contribution in [-0.4, -0.2) is 77.8 Å².